The van der Waals surface area contributed by atoms with Gasteiger partial charge in [-0.3, -0.25) is 9.69 Å². The number of hydrogen-bond acceptors (Lipinski definition) is 5. The molecule has 0 spiro atoms. The van der Waals surface area contributed by atoms with Crippen LogP contribution in [0, 0.1) is 0 Å². The molecule has 6 heteroatoms. The highest BCUT2D eigenvalue weighted by Gasteiger charge is 2.23. The summed E-state index contributed by atoms with van der Waals surface area (Å²) in [6.45, 7) is 0.851. The van der Waals surface area contributed by atoms with Crippen molar-refractivity contribution in [2.75, 3.05) is 32.3 Å². The molecule has 0 aliphatic carbocycles. The molecule has 124 valence electrons. The molecule has 1 heterocycles. The Kier molecular flexibility index (Phi) is 5.08. The van der Waals surface area contributed by atoms with Crippen molar-refractivity contribution < 1.29 is 14.3 Å². The van der Waals surface area contributed by atoms with E-state index in [1.807, 2.05) is 36.4 Å². The molecule has 2 aromatic carbocycles. The van der Waals surface area contributed by atoms with Crippen molar-refractivity contribution in [1.29, 1.82) is 0 Å². The van der Waals surface area contributed by atoms with E-state index in [2.05, 4.69) is 4.98 Å². The minimum absolute atomic E-state index is 0.149. The van der Waals surface area contributed by atoms with E-state index in [1.54, 1.807) is 31.3 Å². The second-order valence-electron chi connectivity index (χ2n) is 5.11. The number of carbonyl (C=O) groups excluding carboxylic acids is 1. The third-order valence-corrected chi connectivity index (χ3v) is 4.67. The highest BCUT2D eigenvalue weighted by molar-refractivity contribution is 7.22. The first-order chi connectivity index (χ1) is 11.7. The number of rotatable bonds is 6. The summed E-state index contributed by atoms with van der Waals surface area (Å²) in [6.07, 6.45) is 0. The van der Waals surface area contributed by atoms with Gasteiger partial charge in [0, 0.05) is 7.11 Å². The van der Waals surface area contributed by atoms with Crippen LogP contribution in [0.1, 0.15) is 10.4 Å². The van der Waals surface area contributed by atoms with Crippen LogP contribution < -0.4 is 9.64 Å². The van der Waals surface area contributed by atoms with E-state index >= 15 is 0 Å². The van der Waals surface area contributed by atoms with Crippen molar-refractivity contribution in [2.24, 2.45) is 0 Å². The van der Waals surface area contributed by atoms with E-state index in [9.17, 15) is 4.79 Å². The summed E-state index contributed by atoms with van der Waals surface area (Å²) >= 11 is 1.49. The lowest BCUT2D eigenvalue weighted by molar-refractivity contribution is 0.0973. The second-order valence-corrected chi connectivity index (χ2v) is 6.12. The van der Waals surface area contributed by atoms with Gasteiger partial charge in [-0.25, -0.2) is 4.98 Å². The normalized spacial score (nSPS) is 10.8. The summed E-state index contributed by atoms with van der Waals surface area (Å²) < 4.78 is 11.5. The predicted octanol–water partition coefficient (Wildman–Crippen LogP) is 3.60. The topological polar surface area (TPSA) is 51.7 Å². The van der Waals surface area contributed by atoms with Crippen LogP contribution in [0.15, 0.2) is 48.5 Å². The van der Waals surface area contributed by atoms with E-state index < -0.39 is 0 Å². The number of anilines is 1. The lowest BCUT2D eigenvalue weighted by Gasteiger charge is -2.20. The van der Waals surface area contributed by atoms with E-state index in [0.717, 1.165) is 10.2 Å². The Bertz CT molecular complexity index is 814. The number of carbonyl (C=O) groups is 1. The van der Waals surface area contributed by atoms with Gasteiger partial charge in [-0.15, -0.1) is 0 Å². The molecule has 0 unspecified atom stereocenters. The van der Waals surface area contributed by atoms with Crippen molar-refractivity contribution in [1.82, 2.24) is 4.98 Å². The molecule has 24 heavy (non-hydrogen) atoms. The maximum absolute atomic E-state index is 13.1. The number of thiazole rings is 1. The minimum atomic E-state index is -0.149. The van der Waals surface area contributed by atoms with Crippen LogP contribution in [-0.2, 0) is 4.74 Å². The number of amides is 1. The van der Waals surface area contributed by atoms with E-state index in [4.69, 9.17) is 9.47 Å². The molecular formula is C18H18N2O3S. The number of nitrogens with zero attached hydrogens (tertiary/aromatic N) is 2. The molecule has 0 saturated heterocycles. The van der Waals surface area contributed by atoms with Crippen LogP contribution in [0.2, 0.25) is 0 Å². The molecule has 0 bridgehead atoms. The number of methoxy groups -OCH3 is 2. The smallest absolute Gasteiger partial charge is 0.263 e. The molecule has 5 nitrogen and oxygen atoms in total. The largest absolute Gasteiger partial charge is 0.496 e. The Morgan fingerprint density at radius 3 is 2.62 bits per heavy atom. The van der Waals surface area contributed by atoms with Gasteiger partial charge in [0.15, 0.2) is 5.13 Å². The number of fused-ring (bicyclic) bond motifs is 1. The number of hydrogen-bond donors (Lipinski definition) is 0. The lowest BCUT2D eigenvalue weighted by Crippen LogP contribution is -2.34. The summed E-state index contributed by atoms with van der Waals surface area (Å²) in [5.74, 6) is 0.398. The van der Waals surface area contributed by atoms with Gasteiger partial charge >= 0.3 is 0 Å². The lowest BCUT2D eigenvalue weighted by atomic mass is 10.2. The first-order valence-electron chi connectivity index (χ1n) is 7.54. The number of benzene rings is 2. The molecule has 1 aromatic heterocycles. The van der Waals surface area contributed by atoms with Crippen molar-refractivity contribution in [3.63, 3.8) is 0 Å². The molecule has 3 rings (SSSR count). The minimum Gasteiger partial charge on any atom is -0.496 e. The van der Waals surface area contributed by atoms with Crippen molar-refractivity contribution in [3.8, 4) is 5.75 Å². The van der Waals surface area contributed by atoms with Gasteiger partial charge in [0.25, 0.3) is 5.91 Å². The summed E-state index contributed by atoms with van der Waals surface area (Å²) in [5.41, 5.74) is 1.39. The summed E-state index contributed by atoms with van der Waals surface area (Å²) in [6, 6.07) is 15.0. The Labute approximate surface area is 144 Å². The van der Waals surface area contributed by atoms with Crippen molar-refractivity contribution >= 4 is 32.6 Å². The summed E-state index contributed by atoms with van der Waals surface area (Å²) in [7, 11) is 3.17. The fourth-order valence-corrected chi connectivity index (χ4v) is 3.40. The summed E-state index contributed by atoms with van der Waals surface area (Å²) in [4.78, 5) is 19.3. The maximum atomic E-state index is 13.1. The van der Waals surface area contributed by atoms with E-state index in [1.165, 1.54) is 11.3 Å². The molecule has 0 aliphatic heterocycles. The first kappa shape index (κ1) is 16.4. The van der Waals surface area contributed by atoms with Gasteiger partial charge in [0.1, 0.15) is 5.75 Å². The average Bonchev–Trinajstić information content (AvgIpc) is 3.05. The maximum Gasteiger partial charge on any atom is 0.263 e. The van der Waals surface area contributed by atoms with Crippen LogP contribution in [0.25, 0.3) is 10.2 Å². The molecule has 0 N–H and O–H groups in total. The summed E-state index contributed by atoms with van der Waals surface area (Å²) in [5, 5.41) is 0.657. The van der Waals surface area contributed by atoms with Crippen molar-refractivity contribution in [3.05, 3.63) is 54.1 Å². The van der Waals surface area contributed by atoms with Gasteiger partial charge in [-0.1, -0.05) is 35.6 Å². The first-order valence-corrected chi connectivity index (χ1v) is 8.35. The number of ether oxygens (including phenoxy) is 2. The highest BCUT2D eigenvalue weighted by atomic mass is 32.1. The molecule has 0 radical (unpaired) electrons. The third kappa shape index (κ3) is 3.25. The van der Waals surface area contributed by atoms with Gasteiger partial charge in [0.05, 0.1) is 36.0 Å². The average molecular weight is 342 g/mol. The van der Waals surface area contributed by atoms with Crippen LogP contribution in [0.3, 0.4) is 0 Å². The van der Waals surface area contributed by atoms with Gasteiger partial charge in [-0.05, 0) is 24.3 Å². The second kappa shape index (κ2) is 7.42. The Balaban J connectivity index is 2.00. The molecule has 1 amide bonds. The zero-order valence-electron chi connectivity index (χ0n) is 13.6. The number of aromatic nitrogens is 1. The Morgan fingerprint density at radius 1 is 1.12 bits per heavy atom. The van der Waals surface area contributed by atoms with Crippen LogP contribution in [0.5, 0.6) is 5.75 Å². The van der Waals surface area contributed by atoms with E-state index in [-0.39, 0.29) is 5.91 Å². The fourth-order valence-electron chi connectivity index (χ4n) is 2.41. The zero-order valence-corrected chi connectivity index (χ0v) is 14.4. The molecule has 0 saturated carbocycles. The SMILES string of the molecule is COCCN(C(=O)c1ccccc1OC)c1nc2ccccc2s1. The van der Waals surface area contributed by atoms with Crippen LogP contribution >= 0.6 is 11.3 Å². The molecule has 0 fully saturated rings. The molecule has 3 aromatic rings. The molecular weight excluding hydrogens is 324 g/mol. The Hall–Kier alpha value is -2.44. The standard InChI is InChI=1S/C18H18N2O3S/c1-22-12-11-20(17(21)13-7-3-5-9-15(13)23-2)18-19-14-8-4-6-10-16(14)24-18/h3-10H,11-12H2,1-2H3. The molecule has 0 aliphatic rings. The predicted molar refractivity (Wildman–Crippen MR) is 96.2 cm³/mol. The van der Waals surface area contributed by atoms with Crippen LogP contribution in [-0.4, -0.2) is 38.3 Å². The molecule has 0 atom stereocenters. The zero-order chi connectivity index (χ0) is 16.9. The van der Waals surface area contributed by atoms with Crippen LogP contribution in [0.4, 0.5) is 5.13 Å². The Morgan fingerprint density at radius 2 is 1.88 bits per heavy atom. The van der Waals surface area contributed by atoms with Gasteiger partial charge < -0.3 is 9.47 Å². The number of para-hydroxylation sites is 2. The highest BCUT2D eigenvalue weighted by Crippen LogP contribution is 2.30. The van der Waals surface area contributed by atoms with E-state index in [0.29, 0.717) is 29.6 Å². The third-order valence-electron chi connectivity index (χ3n) is 3.62. The monoisotopic (exact) mass is 342 g/mol. The quantitative estimate of drug-likeness (QED) is 0.687. The van der Waals surface area contributed by atoms with Gasteiger partial charge in [-0.2, -0.15) is 0 Å². The fraction of sp³-hybridized carbons (Fsp3) is 0.222. The van der Waals surface area contributed by atoms with Gasteiger partial charge in [0.2, 0.25) is 0 Å². The van der Waals surface area contributed by atoms with Crippen molar-refractivity contribution in [2.45, 2.75) is 0 Å².